The lowest BCUT2D eigenvalue weighted by Crippen LogP contribution is -2.47. The number of methoxy groups -OCH3 is 1. The summed E-state index contributed by atoms with van der Waals surface area (Å²) in [6.07, 6.45) is -3.05. The Morgan fingerprint density at radius 1 is 1.40 bits per heavy atom. The minimum Gasteiger partial charge on any atom is -0.387 e. The third-order valence-corrected chi connectivity index (χ3v) is 7.91. The molecular weight excluding hydrogens is 448 g/mol. The summed E-state index contributed by atoms with van der Waals surface area (Å²) >= 11 is 0. The van der Waals surface area contributed by atoms with Crippen LogP contribution in [0, 0.1) is 0 Å². The van der Waals surface area contributed by atoms with Crippen LogP contribution in [0.3, 0.4) is 0 Å². The topological polar surface area (TPSA) is 223 Å². The fourth-order valence-corrected chi connectivity index (χ4v) is 5.82. The maximum Gasteiger partial charge on any atom is 0.340 e. The van der Waals surface area contributed by atoms with E-state index in [-0.39, 0.29) is 17.1 Å². The molecule has 1 aliphatic rings. The second kappa shape index (κ2) is 8.11. The lowest BCUT2D eigenvalue weighted by Gasteiger charge is -2.18. The number of imidazole rings is 1. The third-order valence-electron chi connectivity index (χ3n) is 4.45. The molecule has 0 amide bonds. The number of hydrogen-bond acceptors (Lipinski definition) is 9. The van der Waals surface area contributed by atoms with Crippen LogP contribution in [0.5, 0.6) is 0 Å². The van der Waals surface area contributed by atoms with E-state index in [1.54, 1.807) is 7.05 Å². The highest BCUT2D eigenvalue weighted by Crippen LogP contribution is 2.55. The second-order valence-electron chi connectivity index (χ2n) is 6.75. The molecule has 15 nitrogen and oxygen atoms in total. The van der Waals surface area contributed by atoms with E-state index < -0.39 is 57.8 Å². The molecule has 1 fully saturated rings. The van der Waals surface area contributed by atoms with Gasteiger partial charge in [0.25, 0.3) is 11.5 Å². The van der Waals surface area contributed by atoms with E-state index in [4.69, 9.17) is 29.5 Å². The summed E-state index contributed by atoms with van der Waals surface area (Å²) in [5.74, 6) is -1.51. The van der Waals surface area contributed by atoms with Crippen molar-refractivity contribution in [3.8, 4) is 0 Å². The van der Waals surface area contributed by atoms with Gasteiger partial charge in [-0.05, 0) is 0 Å². The lowest BCUT2D eigenvalue weighted by atomic mass is 10.1. The number of nitrogens with zero attached hydrogens (tertiary/aromatic N) is 3. The number of fused-ring (bicyclic) bond motifs is 1. The molecule has 1 aliphatic heterocycles. The Morgan fingerprint density at radius 2 is 2.07 bits per heavy atom. The summed E-state index contributed by atoms with van der Waals surface area (Å²) < 4.78 is 41.4. The maximum absolute atomic E-state index is 12.2. The van der Waals surface area contributed by atoms with Crippen molar-refractivity contribution >= 4 is 32.3 Å². The number of aliphatic hydroxyl groups is 1. The molecule has 30 heavy (non-hydrogen) atoms. The molecule has 0 spiro atoms. The van der Waals surface area contributed by atoms with Crippen LogP contribution < -0.4 is 15.9 Å². The number of H-pyrrole nitrogens is 1. The zero-order chi connectivity index (χ0) is 22.4. The Bertz CT molecular complexity index is 1100. The number of aromatic nitrogens is 4. The molecule has 1 saturated heterocycles. The number of nitrogens with two attached hydrogens (primary N) is 1. The Morgan fingerprint density at radius 3 is 2.67 bits per heavy atom. The monoisotopic (exact) mass is 470 g/mol. The molecule has 17 heteroatoms. The number of aryl methyl sites for hydroxylation is 1. The van der Waals surface area contributed by atoms with Crippen molar-refractivity contribution in [2.45, 2.75) is 24.5 Å². The van der Waals surface area contributed by atoms with Gasteiger partial charge in [-0.15, -0.1) is 0 Å². The first-order valence-corrected chi connectivity index (χ1v) is 12.0. The van der Waals surface area contributed by atoms with Gasteiger partial charge < -0.3 is 39.5 Å². The number of nitrogen functional groups attached to an aromatic ring is 1. The Hall–Kier alpha value is -1.67. The van der Waals surface area contributed by atoms with Gasteiger partial charge in [0.1, 0.15) is 18.3 Å². The zero-order valence-corrected chi connectivity index (χ0v) is 17.6. The summed E-state index contributed by atoms with van der Waals surface area (Å²) in [5.41, 5.74) is 5.45. The van der Waals surface area contributed by atoms with Crippen LogP contribution in [0.2, 0.25) is 0 Å². The quantitative estimate of drug-likeness (QED) is 0.186. The first kappa shape index (κ1) is 23.0. The van der Waals surface area contributed by atoms with Gasteiger partial charge in [0, 0.05) is 7.11 Å². The standard InChI is InChI=1S/C13H21N5O10P2/c1-17-4-18(10-7(17)11(20)16-13(14)15-10)12-9(26-2)8(19)6(28-12)3-27-30(24,25)5-29(21,22)23/h4,6,8-9,12,19H,3,5H2,1-2H3,(H5-,14,15,16,20,21,22,23,24,25)/p+1/t6-,8-,9-,12-/m1/s1. The summed E-state index contributed by atoms with van der Waals surface area (Å²) in [7, 11) is -6.55. The van der Waals surface area contributed by atoms with Crippen molar-refractivity contribution in [1.29, 1.82) is 0 Å². The summed E-state index contributed by atoms with van der Waals surface area (Å²) in [6, 6.07) is 0. The van der Waals surface area contributed by atoms with Crippen molar-refractivity contribution in [2.24, 2.45) is 7.05 Å². The van der Waals surface area contributed by atoms with Crippen LogP contribution in [-0.2, 0) is 30.2 Å². The number of anilines is 1. The molecule has 2 aromatic rings. The Balaban J connectivity index is 1.88. The molecule has 2 aromatic heterocycles. The Kier molecular flexibility index (Phi) is 6.22. The molecule has 0 radical (unpaired) electrons. The van der Waals surface area contributed by atoms with Crippen molar-refractivity contribution in [3.05, 3.63) is 16.7 Å². The highest BCUT2D eigenvalue weighted by atomic mass is 31.2. The molecule has 3 rings (SSSR count). The molecule has 0 aromatic carbocycles. The molecule has 0 bridgehead atoms. The summed E-state index contributed by atoms with van der Waals surface area (Å²) in [4.78, 5) is 46.0. The number of rotatable bonds is 7. The fraction of sp³-hybridized carbons (Fsp3) is 0.615. The number of aromatic amines is 1. The van der Waals surface area contributed by atoms with Gasteiger partial charge in [0.05, 0.1) is 13.7 Å². The molecule has 1 unspecified atom stereocenters. The van der Waals surface area contributed by atoms with Gasteiger partial charge in [-0.1, -0.05) is 4.98 Å². The van der Waals surface area contributed by atoms with Gasteiger partial charge in [0.2, 0.25) is 11.7 Å². The third kappa shape index (κ3) is 4.64. The highest BCUT2D eigenvalue weighted by Gasteiger charge is 2.49. The van der Waals surface area contributed by atoms with E-state index in [1.807, 2.05) is 0 Å². The summed E-state index contributed by atoms with van der Waals surface area (Å²) in [6.45, 7) is -0.646. The van der Waals surface area contributed by atoms with Crippen LogP contribution in [0.1, 0.15) is 6.23 Å². The molecule has 0 aliphatic carbocycles. The molecule has 0 saturated carbocycles. The van der Waals surface area contributed by atoms with E-state index in [0.29, 0.717) is 0 Å². The van der Waals surface area contributed by atoms with Gasteiger partial charge in [-0.25, -0.2) is 4.57 Å². The predicted octanol–water partition coefficient (Wildman–Crippen LogP) is -2.26. The summed E-state index contributed by atoms with van der Waals surface area (Å²) in [5, 5.41) is 10.5. The molecule has 3 heterocycles. The zero-order valence-electron chi connectivity index (χ0n) is 15.9. The van der Waals surface area contributed by atoms with E-state index in [0.717, 1.165) is 0 Å². The van der Waals surface area contributed by atoms with Gasteiger partial charge in [0.15, 0.2) is 12.2 Å². The largest absolute Gasteiger partial charge is 0.387 e. The lowest BCUT2D eigenvalue weighted by molar-refractivity contribution is -0.746. The van der Waals surface area contributed by atoms with Gasteiger partial charge in [-0.2, -0.15) is 0 Å². The predicted molar refractivity (Wildman–Crippen MR) is 99.3 cm³/mol. The van der Waals surface area contributed by atoms with E-state index >= 15 is 0 Å². The van der Waals surface area contributed by atoms with E-state index in [1.165, 1.54) is 22.6 Å². The number of hydrogen-bond donors (Lipinski definition) is 6. The van der Waals surface area contributed by atoms with Gasteiger partial charge in [-0.3, -0.25) is 23.5 Å². The van der Waals surface area contributed by atoms with Crippen LogP contribution in [0.25, 0.3) is 11.2 Å². The van der Waals surface area contributed by atoms with Gasteiger partial charge >= 0.3 is 20.8 Å². The number of aliphatic hydroxyl groups excluding tert-OH is 1. The normalized spacial score (nSPS) is 26.9. The first-order chi connectivity index (χ1) is 13.8. The first-order valence-electron chi connectivity index (χ1n) is 8.46. The minimum atomic E-state index is -4.80. The Labute approximate surface area is 168 Å². The highest BCUT2D eigenvalue weighted by molar-refractivity contribution is 7.70. The van der Waals surface area contributed by atoms with Crippen molar-refractivity contribution in [3.63, 3.8) is 0 Å². The van der Waals surface area contributed by atoms with Crippen molar-refractivity contribution < 1.29 is 47.5 Å². The van der Waals surface area contributed by atoms with E-state index in [9.17, 15) is 23.9 Å². The molecule has 5 atom stereocenters. The second-order valence-corrected chi connectivity index (χ2v) is 10.7. The van der Waals surface area contributed by atoms with Crippen LogP contribution in [-0.4, -0.2) is 72.3 Å². The minimum absolute atomic E-state index is 0.140. The smallest absolute Gasteiger partial charge is 0.340 e. The molecular formula is C13H22N5O10P2+. The fourth-order valence-electron chi connectivity index (χ4n) is 3.25. The number of ether oxygens (including phenoxy) is 2. The number of nitrogens with one attached hydrogen (secondary N) is 1. The van der Waals surface area contributed by atoms with Crippen LogP contribution in [0.15, 0.2) is 11.1 Å². The molecule has 168 valence electrons. The van der Waals surface area contributed by atoms with E-state index in [2.05, 4.69) is 9.97 Å². The molecule has 7 N–H and O–H groups in total. The van der Waals surface area contributed by atoms with Crippen LogP contribution in [0.4, 0.5) is 5.95 Å². The SMILES string of the molecule is CO[C@@H]1[C@H](O)[C@@H](COP(=O)(O)CP(=O)(O)O)O[C@H]1[n+]1cn(C)c2c(=O)[nH]c(N)nc21. The average molecular weight is 470 g/mol. The average Bonchev–Trinajstić information content (AvgIpc) is 3.07. The van der Waals surface area contributed by atoms with Crippen LogP contribution >= 0.6 is 15.2 Å². The van der Waals surface area contributed by atoms with Crippen molar-refractivity contribution in [2.75, 3.05) is 25.4 Å². The maximum atomic E-state index is 12.2. The van der Waals surface area contributed by atoms with Crippen molar-refractivity contribution in [1.82, 2.24) is 14.5 Å².